The van der Waals surface area contributed by atoms with E-state index in [4.69, 9.17) is 4.74 Å². The molecule has 0 bridgehead atoms. The zero-order chi connectivity index (χ0) is 33.5. The molecule has 0 saturated carbocycles. The molecule has 1 aromatic heterocycles. The number of aryl methyl sites for hydroxylation is 1. The molecule has 242 valence electrons. The quantitative estimate of drug-likeness (QED) is 0.0918. The van der Waals surface area contributed by atoms with E-state index in [9.17, 15) is 19.2 Å². The zero-order valence-electron chi connectivity index (χ0n) is 26.7. The molecule has 0 fully saturated rings. The van der Waals surface area contributed by atoms with E-state index in [-0.39, 0.29) is 11.6 Å². The number of anilines is 2. The van der Waals surface area contributed by atoms with E-state index in [2.05, 4.69) is 22.9 Å². The van der Waals surface area contributed by atoms with Crippen molar-refractivity contribution in [2.24, 2.45) is 5.92 Å². The van der Waals surface area contributed by atoms with Crippen LogP contribution in [-0.2, 0) is 27.2 Å². The monoisotopic (exact) mass is 667 g/mol. The molecule has 1 aliphatic rings. The number of benzene rings is 3. The van der Waals surface area contributed by atoms with Gasteiger partial charge in [0.05, 0.1) is 17.9 Å². The summed E-state index contributed by atoms with van der Waals surface area (Å²) in [6.45, 7) is 5.92. The van der Waals surface area contributed by atoms with Gasteiger partial charge in [-0.25, -0.2) is 4.79 Å². The van der Waals surface area contributed by atoms with Gasteiger partial charge in [-0.05, 0) is 92.1 Å². The summed E-state index contributed by atoms with van der Waals surface area (Å²) in [5, 5.41) is 8.66. The lowest BCUT2D eigenvalue weighted by Crippen LogP contribution is -2.30. The first-order valence-corrected chi connectivity index (χ1v) is 17.1. The van der Waals surface area contributed by atoms with E-state index < -0.39 is 23.0 Å². The number of carbonyl (C=O) groups excluding carboxylic acids is 4. The van der Waals surface area contributed by atoms with Crippen molar-refractivity contribution < 1.29 is 23.9 Å². The van der Waals surface area contributed by atoms with Crippen molar-refractivity contribution in [1.82, 2.24) is 5.32 Å². The van der Waals surface area contributed by atoms with Gasteiger partial charge in [0.1, 0.15) is 10.7 Å². The molecule has 3 amide bonds. The molecule has 2 atom stereocenters. The SMILES string of the molecule is COC(=O)c1c(NC(=O)C(C)Sc2cccc(NC(=O)/C(=C/c3ccccc3C)NC(=O)c3ccccc3)c2)sc2c1CCC(C)C2. The maximum absolute atomic E-state index is 13.6. The van der Waals surface area contributed by atoms with E-state index in [0.29, 0.717) is 27.7 Å². The van der Waals surface area contributed by atoms with Gasteiger partial charge in [-0.15, -0.1) is 23.1 Å². The highest BCUT2D eigenvalue weighted by molar-refractivity contribution is 8.00. The van der Waals surface area contributed by atoms with Crippen LogP contribution in [0.1, 0.15) is 62.6 Å². The highest BCUT2D eigenvalue weighted by Gasteiger charge is 2.29. The number of methoxy groups -OCH3 is 1. The molecule has 5 rings (SSSR count). The van der Waals surface area contributed by atoms with Crippen molar-refractivity contribution in [3.8, 4) is 0 Å². The van der Waals surface area contributed by atoms with Gasteiger partial charge in [-0.1, -0.05) is 55.5 Å². The van der Waals surface area contributed by atoms with Gasteiger partial charge in [0.15, 0.2) is 0 Å². The fourth-order valence-electron chi connectivity index (χ4n) is 5.32. The predicted molar refractivity (Wildman–Crippen MR) is 189 cm³/mol. The highest BCUT2D eigenvalue weighted by Crippen LogP contribution is 2.40. The molecule has 3 aromatic carbocycles. The lowest BCUT2D eigenvalue weighted by Gasteiger charge is -2.18. The average Bonchev–Trinajstić information content (AvgIpc) is 3.42. The first-order chi connectivity index (χ1) is 22.6. The molecule has 1 aliphatic carbocycles. The molecule has 10 heteroatoms. The lowest BCUT2D eigenvalue weighted by atomic mass is 9.88. The zero-order valence-corrected chi connectivity index (χ0v) is 28.3. The summed E-state index contributed by atoms with van der Waals surface area (Å²) >= 11 is 2.78. The van der Waals surface area contributed by atoms with Crippen molar-refractivity contribution in [3.05, 3.63) is 117 Å². The van der Waals surface area contributed by atoms with Crippen LogP contribution in [0.5, 0.6) is 0 Å². The molecular formula is C37H37N3O5S2. The summed E-state index contributed by atoms with van der Waals surface area (Å²) in [5.74, 6) is -1.05. The van der Waals surface area contributed by atoms with Crippen LogP contribution in [0, 0.1) is 12.8 Å². The summed E-state index contributed by atoms with van der Waals surface area (Å²) in [5.41, 5.74) is 4.22. The van der Waals surface area contributed by atoms with Crippen molar-refractivity contribution in [2.45, 2.75) is 50.2 Å². The molecule has 0 saturated heterocycles. The molecule has 3 N–H and O–H groups in total. The average molecular weight is 668 g/mol. The van der Waals surface area contributed by atoms with Gasteiger partial charge in [-0.3, -0.25) is 14.4 Å². The topological polar surface area (TPSA) is 114 Å². The van der Waals surface area contributed by atoms with Gasteiger partial charge in [-0.2, -0.15) is 0 Å². The number of thiophene rings is 1. The summed E-state index contributed by atoms with van der Waals surface area (Å²) in [4.78, 5) is 54.5. The second-order valence-corrected chi connectivity index (χ2v) is 14.0. The fraction of sp³-hybridized carbons (Fsp3) is 0.243. The van der Waals surface area contributed by atoms with Crippen molar-refractivity contribution in [3.63, 3.8) is 0 Å². The normalized spacial score (nSPS) is 14.8. The Bertz CT molecular complexity index is 1830. The Kier molecular flexibility index (Phi) is 11.0. The van der Waals surface area contributed by atoms with E-state index in [1.807, 2.05) is 43.3 Å². The number of hydrogen-bond donors (Lipinski definition) is 3. The third kappa shape index (κ3) is 8.38. The first-order valence-electron chi connectivity index (χ1n) is 15.4. The number of hydrogen-bond acceptors (Lipinski definition) is 7. The number of thioether (sulfide) groups is 1. The van der Waals surface area contributed by atoms with E-state index in [0.717, 1.165) is 45.7 Å². The second-order valence-electron chi connectivity index (χ2n) is 11.5. The molecule has 4 aromatic rings. The Morgan fingerprint density at radius 3 is 2.47 bits per heavy atom. The highest BCUT2D eigenvalue weighted by atomic mass is 32.2. The smallest absolute Gasteiger partial charge is 0.341 e. The second kappa shape index (κ2) is 15.3. The van der Waals surface area contributed by atoms with Gasteiger partial charge in [0.2, 0.25) is 5.91 Å². The number of rotatable bonds is 10. The minimum absolute atomic E-state index is 0.0911. The Morgan fingerprint density at radius 1 is 0.979 bits per heavy atom. The van der Waals surface area contributed by atoms with Crippen LogP contribution in [0.25, 0.3) is 6.08 Å². The number of ether oxygens (including phenoxy) is 1. The minimum Gasteiger partial charge on any atom is -0.465 e. The summed E-state index contributed by atoms with van der Waals surface area (Å²) in [6, 6.07) is 23.5. The van der Waals surface area contributed by atoms with Crippen LogP contribution < -0.4 is 16.0 Å². The minimum atomic E-state index is -0.508. The van der Waals surface area contributed by atoms with Gasteiger partial charge < -0.3 is 20.7 Å². The maximum atomic E-state index is 13.6. The standard InChI is InChI=1S/C37H37N3O5S2/c1-22-17-18-29-31(19-22)47-36(32(29)37(44)45-4)40-33(41)24(3)46-28-16-10-15-27(21-28)38-35(43)30(20-26-14-9-8-11-23(26)2)39-34(42)25-12-6-5-7-13-25/h5-16,20-22,24H,17-19H2,1-4H3,(H,38,43)(H,39,42)(H,40,41)/b30-20-. The van der Waals surface area contributed by atoms with Gasteiger partial charge >= 0.3 is 5.97 Å². The van der Waals surface area contributed by atoms with E-state index >= 15 is 0 Å². The van der Waals surface area contributed by atoms with E-state index in [1.54, 1.807) is 55.5 Å². The number of fused-ring (bicyclic) bond motifs is 1. The molecule has 1 heterocycles. The molecular weight excluding hydrogens is 631 g/mol. The van der Waals surface area contributed by atoms with Crippen molar-refractivity contribution in [1.29, 1.82) is 0 Å². The third-order valence-electron chi connectivity index (χ3n) is 7.93. The Labute approximate surface area is 283 Å². The molecule has 0 spiro atoms. The maximum Gasteiger partial charge on any atom is 0.341 e. The van der Waals surface area contributed by atoms with Crippen molar-refractivity contribution in [2.75, 3.05) is 17.7 Å². The van der Waals surface area contributed by atoms with Crippen LogP contribution in [0.3, 0.4) is 0 Å². The van der Waals surface area contributed by atoms with Crippen LogP contribution >= 0.6 is 23.1 Å². The number of nitrogens with one attached hydrogen (secondary N) is 3. The van der Waals surface area contributed by atoms with E-state index in [1.165, 1.54) is 30.2 Å². The molecule has 0 radical (unpaired) electrons. The van der Waals surface area contributed by atoms with Gasteiger partial charge in [0, 0.05) is 21.0 Å². The molecule has 0 aliphatic heterocycles. The molecule has 8 nitrogen and oxygen atoms in total. The number of carbonyl (C=O) groups is 4. The van der Waals surface area contributed by atoms with Crippen LogP contribution in [0.4, 0.5) is 10.7 Å². The van der Waals surface area contributed by atoms with Crippen LogP contribution in [0.2, 0.25) is 0 Å². The third-order valence-corrected chi connectivity index (χ3v) is 10.2. The summed E-state index contributed by atoms with van der Waals surface area (Å²) < 4.78 is 5.06. The van der Waals surface area contributed by atoms with Crippen LogP contribution in [-0.4, -0.2) is 36.1 Å². The van der Waals surface area contributed by atoms with Gasteiger partial charge in [0.25, 0.3) is 11.8 Å². The summed E-state index contributed by atoms with van der Waals surface area (Å²) in [7, 11) is 1.35. The lowest BCUT2D eigenvalue weighted by molar-refractivity contribution is -0.115. The Balaban J connectivity index is 1.30. The molecule has 47 heavy (non-hydrogen) atoms. The Morgan fingerprint density at radius 2 is 1.72 bits per heavy atom. The molecule has 2 unspecified atom stereocenters. The Hall–Kier alpha value is -4.67. The number of amides is 3. The largest absolute Gasteiger partial charge is 0.465 e. The number of esters is 1. The summed E-state index contributed by atoms with van der Waals surface area (Å²) in [6.07, 6.45) is 4.30. The fourth-order valence-corrected chi connectivity index (χ4v) is 7.65. The first kappa shape index (κ1) is 33.7. The van der Waals surface area contributed by atoms with Crippen molar-refractivity contribution >= 4 is 63.6 Å². The van der Waals surface area contributed by atoms with Crippen LogP contribution in [0.15, 0.2) is 89.5 Å². The predicted octanol–water partition coefficient (Wildman–Crippen LogP) is 7.50.